The number of carbonyl (C=O) groups is 3. The Morgan fingerprint density at radius 3 is 2.50 bits per heavy atom. The van der Waals surface area contributed by atoms with Crippen LogP contribution in [0.3, 0.4) is 0 Å². The SMILES string of the molecule is CCCCCN1CC=C[C@]23O[C@H]4C=CCN(Cc5ccccc5)C(=O)[C@H]4[C@H]2C(=O)N(CCO)C3C1=O. The summed E-state index contributed by atoms with van der Waals surface area (Å²) in [5.41, 5.74) is -0.218. The van der Waals surface area contributed by atoms with Crippen LogP contribution >= 0.6 is 0 Å². The number of benzene rings is 1. The molecule has 8 heteroatoms. The number of aliphatic hydroxyl groups is 1. The summed E-state index contributed by atoms with van der Waals surface area (Å²) in [6.07, 6.45) is 9.92. The number of aliphatic hydroxyl groups excluding tert-OH is 1. The van der Waals surface area contributed by atoms with E-state index in [0.717, 1.165) is 24.8 Å². The van der Waals surface area contributed by atoms with Crippen LogP contribution in [0.1, 0.15) is 31.7 Å². The first-order chi connectivity index (χ1) is 17.5. The van der Waals surface area contributed by atoms with Crippen molar-refractivity contribution in [2.75, 3.05) is 32.8 Å². The van der Waals surface area contributed by atoms with Gasteiger partial charge in [0.1, 0.15) is 11.6 Å². The van der Waals surface area contributed by atoms with Crippen LogP contribution in [0.25, 0.3) is 0 Å². The van der Waals surface area contributed by atoms with Crippen molar-refractivity contribution in [3.05, 3.63) is 60.2 Å². The summed E-state index contributed by atoms with van der Waals surface area (Å²) in [5, 5.41) is 9.76. The van der Waals surface area contributed by atoms with E-state index in [1.165, 1.54) is 4.90 Å². The lowest BCUT2D eigenvalue weighted by molar-refractivity contribution is -0.148. The molecule has 2 saturated heterocycles. The van der Waals surface area contributed by atoms with Crippen molar-refractivity contribution in [1.29, 1.82) is 0 Å². The largest absolute Gasteiger partial charge is 0.395 e. The van der Waals surface area contributed by atoms with Crippen molar-refractivity contribution in [3.8, 4) is 0 Å². The Kier molecular flexibility index (Phi) is 6.99. The van der Waals surface area contributed by atoms with Gasteiger partial charge in [0.25, 0.3) is 0 Å². The molecule has 4 heterocycles. The molecule has 0 saturated carbocycles. The fourth-order valence-corrected chi connectivity index (χ4v) is 6.28. The predicted molar refractivity (Wildman–Crippen MR) is 133 cm³/mol. The summed E-state index contributed by atoms with van der Waals surface area (Å²) in [6, 6.07) is 8.88. The third-order valence-corrected chi connectivity index (χ3v) is 7.91. The minimum Gasteiger partial charge on any atom is -0.395 e. The van der Waals surface area contributed by atoms with Crippen molar-refractivity contribution < 1.29 is 24.2 Å². The smallest absolute Gasteiger partial charge is 0.249 e. The predicted octanol–water partition coefficient (Wildman–Crippen LogP) is 1.75. The molecular weight excluding hydrogens is 458 g/mol. The highest BCUT2D eigenvalue weighted by molar-refractivity contribution is 5.99. The summed E-state index contributed by atoms with van der Waals surface area (Å²) in [6.45, 7) is 3.79. The number of nitrogens with zero attached hydrogens (tertiary/aromatic N) is 3. The summed E-state index contributed by atoms with van der Waals surface area (Å²) in [7, 11) is 0. The second-order valence-electron chi connectivity index (χ2n) is 10.1. The van der Waals surface area contributed by atoms with Crippen LogP contribution < -0.4 is 0 Å². The summed E-state index contributed by atoms with van der Waals surface area (Å²) in [5.74, 6) is -2.15. The highest BCUT2D eigenvalue weighted by Crippen LogP contribution is 2.53. The Morgan fingerprint density at radius 1 is 0.972 bits per heavy atom. The molecule has 0 radical (unpaired) electrons. The lowest BCUT2D eigenvalue weighted by Crippen LogP contribution is -2.55. The van der Waals surface area contributed by atoms with Gasteiger partial charge in [0, 0.05) is 32.7 Å². The van der Waals surface area contributed by atoms with Gasteiger partial charge >= 0.3 is 0 Å². The molecule has 192 valence electrons. The van der Waals surface area contributed by atoms with Gasteiger partial charge in [-0.2, -0.15) is 0 Å². The Hall–Kier alpha value is -2.97. The second kappa shape index (κ2) is 10.2. The molecule has 1 aromatic rings. The van der Waals surface area contributed by atoms with Crippen LogP contribution in [-0.2, 0) is 25.7 Å². The topological polar surface area (TPSA) is 90.4 Å². The third kappa shape index (κ3) is 4.06. The number of hydrogen-bond donors (Lipinski definition) is 1. The molecule has 0 aromatic heterocycles. The highest BCUT2D eigenvalue weighted by atomic mass is 16.5. The maximum atomic E-state index is 13.9. The number of hydrogen-bond acceptors (Lipinski definition) is 5. The maximum Gasteiger partial charge on any atom is 0.249 e. The Balaban J connectivity index is 1.49. The van der Waals surface area contributed by atoms with Gasteiger partial charge in [-0.1, -0.05) is 74.4 Å². The van der Waals surface area contributed by atoms with E-state index in [1.54, 1.807) is 9.80 Å². The van der Waals surface area contributed by atoms with E-state index in [9.17, 15) is 19.5 Å². The van der Waals surface area contributed by atoms with Gasteiger partial charge in [0.2, 0.25) is 17.7 Å². The standard InChI is InChI=1S/C28H35N3O5/c1-2-3-7-14-29-16-9-13-28-23(26(34)31(17-18-32)24(28)27(29)35)22-21(36-28)12-8-15-30(25(22)33)19-20-10-5-4-6-11-20/h4-6,8-13,21-24,32H,2-3,7,14-19H2,1H3/t21-,22+,23-,24?,28-/m0/s1. The van der Waals surface area contributed by atoms with E-state index in [2.05, 4.69) is 6.92 Å². The fourth-order valence-electron chi connectivity index (χ4n) is 6.28. The summed E-state index contributed by atoms with van der Waals surface area (Å²) < 4.78 is 6.59. The summed E-state index contributed by atoms with van der Waals surface area (Å²) in [4.78, 5) is 46.7. The number of fused-ring (bicyclic) bond motifs is 2. The van der Waals surface area contributed by atoms with E-state index in [-0.39, 0.29) is 30.9 Å². The first-order valence-corrected chi connectivity index (χ1v) is 13.1. The van der Waals surface area contributed by atoms with Crippen LogP contribution in [0.2, 0.25) is 0 Å². The van der Waals surface area contributed by atoms with Crippen LogP contribution in [0.5, 0.6) is 0 Å². The number of rotatable bonds is 8. The van der Waals surface area contributed by atoms with E-state index in [4.69, 9.17) is 4.74 Å². The molecule has 5 rings (SSSR count). The van der Waals surface area contributed by atoms with Gasteiger partial charge in [-0.05, 0) is 12.0 Å². The maximum absolute atomic E-state index is 13.9. The van der Waals surface area contributed by atoms with Crippen molar-refractivity contribution in [3.63, 3.8) is 0 Å². The number of likely N-dealkylation sites (tertiary alicyclic amines) is 1. The van der Waals surface area contributed by atoms with Crippen LogP contribution in [0, 0.1) is 11.8 Å². The van der Waals surface area contributed by atoms with Gasteiger partial charge in [-0.15, -0.1) is 0 Å². The average Bonchev–Trinajstić information content (AvgIpc) is 3.19. The minimum atomic E-state index is -1.23. The monoisotopic (exact) mass is 493 g/mol. The molecule has 4 aliphatic rings. The number of amides is 3. The Morgan fingerprint density at radius 2 is 1.75 bits per heavy atom. The van der Waals surface area contributed by atoms with Gasteiger partial charge in [0.15, 0.2) is 0 Å². The molecular formula is C28H35N3O5. The zero-order valence-electron chi connectivity index (χ0n) is 20.8. The molecule has 1 aromatic carbocycles. The van der Waals surface area contributed by atoms with Gasteiger partial charge < -0.3 is 24.5 Å². The lowest BCUT2D eigenvalue weighted by atomic mass is 9.77. The average molecular weight is 494 g/mol. The zero-order chi connectivity index (χ0) is 25.3. The molecule has 36 heavy (non-hydrogen) atoms. The van der Waals surface area contributed by atoms with Gasteiger partial charge in [-0.3, -0.25) is 14.4 Å². The molecule has 8 nitrogen and oxygen atoms in total. The van der Waals surface area contributed by atoms with Crippen molar-refractivity contribution in [1.82, 2.24) is 14.7 Å². The molecule has 1 N–H and O–H groups in total. The number of unbranched alkanes of at least 4 members (excludes halogenated alkanes) is 2. The van der Waals surface area contributed by atoms with E-state index in [1.807, 2.05) is 54.6 Å². The number of β-amino-alcohol motifs (C(OH)–C–C–N with tert-alkyl or cyclic N) is 1. The van der Waals surface area contributed by atoms with Crippen molar-refractivity contribution >= 4 is 17.7 Å². The van der Waals surface area contributed by atoms with Crippen molar-refractivity contribution in [2.24, 2.45) is 11.8 Å². The van der Waals surface area contributed by atoms with Crippen LogP contribution in [0.4, 0.5) is 0 Å². The molecule has 3 amide bonds. The molecule has 4 aliphatic heterocycles. The first kappa shape index (κ1) is 24.7. The van der Waals surface area contributed by atoms with Gasteiger partial charge in [-0.25, -0.2) is 0 Å². The second-order valence-corrected chi connectivity index (χ2v) is 10.1. The fraction of sp³-hybridized carbons (Fsp3) is 0.536. The van der Waals surface area contributed by atoms with Gasteiger partial charge in [0.05, 0.1) is 24.5 Å². The van der Waals surface area contributed by atoms with Crippen LogP contribution in [0.15, 0.2) is 54.6 Å². The van der Waals surface area contributed by atoms with E-state index < -0.39 is 29.6 Å². The Labute approximate surface area is 212 Å². The quantitative estimate of drug-likeness (QED) is 0.440. The molecule has 1 unspecified atom stereocenters. The third-order valence-electron chi connectivity index (χ3n) is 7.91. The zero-order valence-corrected chi connectivity index (χ0v) is 20.8. The normalized spacial score (nSPS) is 31.4. The number of ether oxygens (including phenoxy) is 1. The van der Waals surface area contributed by atoms with E-state index in [0.29, 0.717) is 26.2 Å². The molecule has 0 aliphatic carbocycles. The summed E-state index contributed by atoms with van der Waals surface area (Å²) >= 11 is 0. The van der Waals surface area contributed by atoms with Crippen LogP contribution in [-0.4, -0.2) is 88.1 Å². The Bertz CT molecular complexity index is 1060. The highest BCUT2D eigenvalue weighted by Gasteiger charge is 2.71. The lowest BCUT2D eigenvalue weighted by Gasteiger charge is -2.35. The molecule has 1 spiro atoms. The molecule has 2 fully saturated rings. The minimum absolute atomic E-state index is 0.0304. The molecule has 5 atom stereocenters. The van der Waals surface area contributed by atoms with Crippen molar-refractivity contribution in [2.45, 2.75) is 50.5 Å². The first-order valence-electron chi connectivity index (χ1n) is 13.1. The molecule has 0 bridgehead atoms. The van der Waals surface area contributed by atoms with E-state index >= 15 is 0 Å². The number of carbonyl (C=O) groups excluding carboxylic acids is 3.